The molecular weight excluding hydrogens is 574 g/mol. The molecule has 7 aromatic carbocycles. The van der Waals surface area contributed by atoms with Crippen molar-refractivity contribution in [2.75, 3.05) is 0 Å². The minimum Gasteiger partial charge on any atom is -0.456 e. The van der Waals surface area contributed by atoms with Gasteiger partial charge in [-0.1, -0.05) is 133 Å². The van der Waals surface area contributed by atoms with E-state index >= 15 is 0 Å². The van der Waals surface area contributed by atoms with Crippen molar-refractivity contribution in [3.05, 3.63) is 152 Å². The smallest absolute Gasteiger partial charge is 0.164 e. The summed E-state index contributed by atoms with van der Waals surface area (Å²) >= 11 is 0. The van der Waals surface area contributed by atoms with Crippen LogP contribution in [0.15, 0.2) is 156 Å². The molecule has 0 atom stereocenters. The van der Waals surface area contributed by atoms with E-state index in [-0.39, 0.29) is 0 Å². The van der Waals surface area contributed by atoms with Gasteiger partial charge in [-0.2, -0.15) is 0 Å². The summed E-state index contributed by atoms with van der Waals surface area (Å²) < 4.78 is 6.55. The Balaban J connectivity index is 1.18. The number of rotatable bonds is 4. The van der Waals surface area contributed by atoms with Gasteiger partial charge in [-0.15, -0.1) is 0 Å². The molecule has 10 rings (SSSR count). The van der Waals surface area contributed by atoms with Crippen molar-refractivity contribution in [1.82, 2.24) is 15.0 Å². The topological polar surface area (TPSA) is 51.8 Å². The zero-order valence-corrected chi connectivity index (χ0v) is 25.2. The molecule has 0 bridgehead atoms. The maximum absolute atomic E-state index is 6.55. The zero-order chi connectivity index (χ0) is 30.9. The van der Waals surface area contributed by atoms with E-state index in [1.807, 2.05) is 48.5 Å². The lowest BCUT2D eigenvalue weighted by molar-refractivity contribution is 0.669. The Morgan fingerprint density at radius 2 is 0.872 bits per heavy atom. The Morgan fingerprint density at radius 3 is 1.57 bits per heavy atom. The molecule has 0 saturated heterocycles. The fraction of sp³-hybridized carbons (Fsp3) is 0. The van der Waals surface area contributed by atoms with Crippen LogP contribution >= 0.6 is 0 Å². The van der Waals surface area contributed by atoms with Crippen LogP contribution in [0.25, 0.3) is 100 Å². The molecule has 0 saturated carbocycles. The van der Waals surface area contributed by atoms with Crippen LogP contribution in [0.2, 0.25) is 0 Å². The summed E-state index contributed by atoms with van der Waals surface area (Å²) in [5, 5.41) is 4.61. The molecule has 0 radical (unpaired) electrons. The average Bonchev–Trinajstić information content (AvgIpc) is 3.67. The van der Waals surface area contributed by atoms with Gasteiger partial charge in [-0.25, -0.2) is 15.0 Å². The number of hydrogen-bond acceptors (Lipinski definition) is 4. The molecule has 218 valence electrons. The first-order chi connectivity index (χ1) is 23.3. The molecule has 2 heterocycles. The van der Waals surface area contributed by atoms with Gasteiger partial charge >= 0.3 is 0 Å². The normalized spacial score (nSPS) is 11.8. The fourth-order valence-corrected chi connectivity index (χ4v) is 7.08. The van der Waals surface area contributed by atoms with Crippen molar-refractivity contribution >= 4 is 32.7 Å². The van der Waals surface area contributed by atoms with Crippen LogP contribution in [0.4, 0.5) is 0 Å². The molecule has 0 N–H and O–H groups in total. The van der Waals surface area contributed by atoms with Crippen LogP contribution < -0.4 is 0 Å². The highest BCUT2D eigenvalue weighted by molar-refractivity contribution is 6.20. The van der Waals surface area contributed by atoms with Crippen molar-refractivity contribution in [1.29, 1.82) is 0 Å². The quantitative estimate of drug-likeness (QED) is 0.202. The highest BCUT2D eigenvalue weighted by Crippen LogP contribution is 2.50. The second-order valence-corrected chi connectivity index (χ2v) is 12.0. The summed E-state index contributed by atoms with van der Waals surface area (Å²) in [6.07, 6.45) is 0. The van der Waals surface area contributed by atoms with Gasteiger partial charge in [0.1, 0.15) is 11.2 Å². The van der Waals surface area contributed by atoms with Crippen LogP contribution in [0.3, 0.4) is 0 Å². The second-order valence-electron chi connectivity index (χ2n) is 12.0. The van der Waals surface area contributed by atoms with E-state index in [4.69, 9.17) is 19.4 Å². The third-order valence-electron chi connectivity index (χ3n) is 9.28. The molecule has 0 unspecified atom stereocenters. The molecule has 2 aromatic heterocycles. The van der Waals surface area contributed by atoms with E-state index in [1.165, 1.54) is 38.6 Å². The lowest BCUT2D eigenvalue weighted by atomic mass is 9.99. The lowest BCUT2D eigenvalue weighted by Crippen LogP contribution is -2.00. The summed E-state index contributed by atoms with van der Waals surface area (Å²) in [6.45, 7) is 0. The van der Waals surface area contributed by atoms with Gasteiger partial charge in [0, 0.05) is 27.5 Å². The molecule has 1 aliphatic rings. The van der Waals surface area contributed by atoms with E-state index < -0.39 is 0 Å². The minimum atomic E-state index is 0.611. The Morgan fingerprint density at radius 1 is 0.340 bits per heavy atom. The highest BCUT2D eigenvalue weighted by Gasteiger charge is 2.25. The minimum absolute atomic E-state index is 0.611. The number of aromatic nitrogens is 3. The van der Waals surface area contributed by atoms with Crippen molar-refractivity contribution in [3.8, 4) is 67.5 Å². The summed E-state index contributed by atoms with van der Waals surface area (Å²) in [4.78, 5) is 15.2. The summed E-state index contributed by atoms with van der Waals surface area (Å²) in [5.41, 5.74) is 11.7. The molecule has 4 nitrogen and oxygen atoms in total. The van der Waals surface area contributed by atoms with Gasteiger partial charge in [-0.3, -0.25) is 0 Å². The van der Waals surface area contributed by atoms with Crippen molar-refractivity contribution in [2.45, 2.75) is 0 Å². The molecule has 1 aliphatic carbocycles. The number of nitrogens with zero attached hydrogens (tertiary/aromatic N) is 3. The number of hydrogen-bond donors (Lipinski definition) is 0. The third kappa shape index (κ3) is 4.05. The SMILES string of the molecule is c1ccc(-c2ccc(-c3nc(-c4ccccc4)nc(-c4cccc5oc6cc7c(cc6c45)-c4cccc5cccc-7c45)n3)cc2)cc1. The van der Waals surface area contributed by atoms with Crippen molar-refractivity contribution in [2.24, 2.45) is 0 Å². The molecule has 0 spiro atoms. The van der Waals surface area contributed by atoms with Crippen molar-refractivity contribution < 1.29 is 4.42 Å². The van der Waals surface area contributed by atoms with E-state index in [0.29, 0.717) is 17.5 Å². The summed E-state index contributed by atoms with van der Waals surface area (Å²) in [6, 6.07) is 52.6. The number of benzene rings is 7. The van der Waals surface area contributed by atoms with E-state index in [2.05, 4.69) is 103 Å². The van der Waals surface area contributed by atoms with Gasteiger partial charge in [0.05, 0.1) is 0 Å². The largest absolute Gasteiger partial charge is 0.456 e. The predicted octanol–water partition coefficient (Wildman–Crippen LogP) is 11.2. The van der Waals surface area contributed by atoms with Gasteiger partial charge in [-0.05, 0) is 62.4 Å². The Labute approximate surface area is 270 Å². The maximum Gasteiger partial charge on any atom is 0.164 e. The molecule has 4 heteroatoms. The summed E-state index contributed by atoms with van der Waals surface area (Å²) in [5.74, 6) is 1.87. The van der Waals surface area contributed by atoms with Gasteiger partial charge in [0.2, 0.25) is 0 Å². The van der Waals surface area contributed by atoms with E-state index in [0.717, 1.165) is 44.2 Å². The lowest BCUT2D eigenvalue weighted by Gasteiger charge is -2.10. The first-order valence-electron chi connectivity index (χ1n) is 15.8. The van der Waals surface area contributed by atoms with Crippen LogP contribution in [-0.4, -0.2) is 15.0 Å². The third-order valence-corrected chi connectivity index (χ3v) is 9.28. The number of furan rings is 1. The van der Waals surface area contributed by atoms with E-state index in [1.54, 1.807) is 0 Å². The van der Waals surface area contributed by atoms with Gasteiger partial charge < -0.3 is 4.42 Å². The summed E-state index contributed by atoms with van der Waals surface area (Å²) in [7, 11) is 0. The monoisotopic (exact) mass is 599 g/mol. The Bertz CT molecular complexity index is 2650. The standard InChI is InChI=1S/C43H25N3O/c1-3-10-26(11-4-1)27-20-22-30(23-21-27)42-44-41(29-12-5-2-6-13-29)45-43(46-42)33-18-9-19-37-40(33)36-24-34-31-16-7-14-28-15-8-17-32(39(28)31)35(34)25-38(36)47-37/h1-25H. The molecule has 0 amide bonds. The Kier molecular flexibility index (Phi) is 5.54. The van der Waals surface area contributed by atoms with E-state index in [9.17, 15) is 0 Å². The van der Waals surface area contributed by atoms with Crippen molar-refractivity contribution in [3.63, 3.8) is 0 Å². The van der Waals surface area contributed by atoms with Crippen LogP contribution in [-0.2, 0) is 0 Å². The molecule has 47 heavy (non-hydrogen) atoms. The Hall–Kier alpha value is -6.39. The van der Waals surface area contributed by atoms with Gasteiger partial charge in [0.25, 0.3) is 0 Å². The molecule has 0 fully saturated rings. The highest BCUT2D eigenvalue weighted by atomic mass is 16.3. The zero-order valence-electron chi connectivity index (χ0n) is 25.2. The molecule has 9 aromatic rings. The van der Waals surface area contributed by atoms with Crippen LogP contribution in [0.1, 0.15) is 0 Å². The molecule has 0 aliphatic heterocycles. The average molecular weight is 600 g/mol. The predicted molar refractivity (Wildman–Crippen MR) is 191 cm³/mol. The second kappa shape index (κ2) is 10.1. The van der Waals surface area contributed by atoms with Gasteiger partial charge in [0.15, 0.2) is 17.5 Å². The van der Waals surface area contributed by atoms with Crippen LogP contribution in [0, 0.1) is 0 Å². The van der Waals surface area contributed by atoms with Crippen LogP contribution in [0.5, 0.6) is 0 Å². The fourth-order valence-electron chi connectivity index (χ4n) is 7.08. The maximum atomic E-state index is 6.55. The number of fused-ring (bicyclic) bond motifs is 6. The first-order valence-corrected chi connectivity index (χ1v) is 15.8. The first kappa shape index (κ1) is 25.9. The molecular formula is C43H25N3O.